The van der Waals surface area contributed by atoms with Crippen molar-refractivity contribution in [2.24, 2.45) is 4.99 Å². The highest BCUT2D eigenvalue weighted by Crippen LogP contribution is 2.12. The lowest BCUT2D eigenvalue weighted by Gasteiger charge is -2.18. The van der Waals surface area contributed by atoms with Crippen molar-refractivity contribution in [3.8, 4) is 0 Å². The number of thiophene rings is 1. The average molecular weight is 408 g/mol. The van der Waals surface area contributed by atoms with Crippen LogP contribution < -0.4 is 10.6 Å². The zero-order chi connectivity index (χ0) is 20.5. The van der Waals surface area contributed by atoms with Gasteiger partial charge in [0.1, 0.15) is 0 Å². The molecule has 0 aliphatic carbocycles. The molecule has 3 aromatic rings. The van der Waals surface area contributed by atoms with Gasteiger partial charge in [0.25, 0.3) is 0 Å². The minimum absolute atomic E-state index is 0.0350. The molecule has 0 saturated heterocycles. The van der Waals surface area contributed by atoms with E-state index in [0.717, 1.165) is 17.1 Å². The van der Waals surface area contributed by atoms with E-state index in [0.29, 0.717) is 13.1 Å². The van der Waals surface area contributed by atoms with Gasteiger partial charge < -0.3 is 15.7 Å². The van der Waals surface area contributed by atoms with Crippen LogP contribution in [0.15, 0.2) is 77.1 Å². The maximum absolute atomic E-state index is 10.8. The predicted molar refractivity (Wildman–Crippen MR) is 118 cm³/mol. The molecule has 3 rings (SSSR count). The monoisotopic (exact) mass is 407 g/mol. The molecule has 0 saturated carbocycles. The third-order valence-corrected chi connectivity index (χ3v) is 5.34. The third-order valence-electron chi connectivity index (χ3n) is 4.46. The predicted octanol–water partition coefficient (Wildman–Crippen LogP) is 4.37. The number of carboxylic acid groups (broad SMARTS) is 1. The summed E-state index contributed by atoms with van der Waals surface area (Å²) in [6, 6.07) is 22.1. The number of guanidine groups is 1. The van der Waals surface area contributed by atoms with Crippen molar-refractivity contribution in [2.75, 3.05) is 0 Å². The number of carboxylic acids is 1. The van der Waals surface area contributed by atoms with Gasteiger partial charge in [-0.2, -0.15) is 0 Å². The minimum atomic E-state index is -0.824. The number of nitrogens with one attached hydrogen (secondary N) is 2. The van der Waals surface area contributed by atoms with Crippen LogP contribution in [-0.4, -0.2) is 17.0 Å². The van der Waals surface area contributed by atoms with Gasteiger partial charge in [-0.3, -0.25) is 4.79 Å². The highest BCUT2D eigenvalue weighted by atomic mass is 32.1. The second-order valence-corrected chi connectivity index (χ2v) is 7.79. The normalized spacial score (nSPS) is 12.4. The van der Waals surface area contributed by atoms with Crippen molar-refractivity contribution in [3.05, 3.63) is 93.7 Å². The van der Waals surface area contributed by atoms with Gasteiger partial charge in [-0.05, 0) is 35.1 Å². The van der Waals surface area contributed by atoms with Crippen LogP contribution in [-0.2, 0) is 24.3 Å². The SMILES string of the molecule is C[C@@H](NC(=NCc1ccc(CC(=O)O)cc1)NCc1cccs1)c1ccccc1. The van der Waals surface area contributed by atoms with Gasteiger partial charge in [-0.25, -0.2) is 4.99 Å². The third kappa shape index (κ3) is 6.76. The molecule has 0 unspecified atom stereocenters. The lowest BCUT2D eigenvalue weighted by atomic mass is 10.1. The molecule has 0 spiro atoms. The molecule has 0 bridgehead atoms. The lowest BCUT2D eigenvalue weighted by Crippen LogP contribution is -2.38. The highest BCUT2D eigenvalue weighted by molar-refractivity contribution is 7.09. The molecule has 29 heavy (non-hydrogen) atoms. The fourth-order valence-electron chi connectivity index (χ4n) is 2.87. The summed E-state index contributed by atoms with van der Waals surface area (Å²) in [5.41, 5.74) is 3.01. The largest absolute Gasteiger partial charge is 0.481 e. The molecule has 1 atom stereocenters. The standard InChI is InChI=1S/C23H25N3O2S/c1-17(20-6-3-2-4-7-20)26-23(25-16-21-8-5-13-29-21)24-15-19-11-9-18(10-12-19)14-22(27)28/h2-13,17H,14-16H2,1H3,(H,27,28)(H2,24,25,26)/t17-/m1/s1. The summed E-state index contributed by atoms with van der Waals surface area (Å²) in [6.07, 6.45) is 0.0350. The molecule has 150 valence electrons. The van der Waals surface area contributed by atoms with Crippen LogP contribution in [0.1, 0.15) is 34.5 Å². The number of benzene rings is 2. The van der Waals surface area contributed by atoms with Crippen LogP contribution in [0.3, 0.4) is 0 Å². The van der Waals surface area contributed by atoms with Gasteiger partial charge in [-0.15, -0.1) is 11.3 Å². The van der Waals surface area contributed by atoms with E-state index in [1.54, 1.807) is 11.3 Å². The number of hydrogen-bond donors (Lipinski definition) is 3. The van der Waals surface area contributed by atoms with E-state index < -0.39 is 5.97 Å². The van der Waals surface area contributed by atoms with E-state index in [9.17, 15) is 4.79 Å². The number of hydrogen-bond acceptors (Lipinski definition) is 3. The smallest absolute Gasteiger partial charge is 0.307 e. The fraction of sp³-hybridized carbons (Fsp3) is 0.217. The molecule has 5 nitrogen and oxygen atoms in total. The second kappa shape index (κ2) is 10.4. The van der Waals surface area contributed by atoms with Crippen LogP contribution in [0.4, 0.5) is 0 Å². The van der Waals surface area contributed by atoms with Gasteiger partial charge in [0.15, 0.2) is 5.96 Å². The summed E-state index contributed by atoms with van der Waals surface area (Å²) in [4.78, 5) is 16.8. The number of nitrogens with zero attached hydrogens (tertiary/aromatic N) is 1. The maximum atomic E-state index is 10.8. The van der Waals surface area contributed by atoms with E-state index in [2.05, 4.69) is 41.1 Å². The van der Waals surface area contributed by atoms with Crippen molar-refractivity contribution < 1.29 is 9.90 Å². The topological polar surface area (TPSA) is 73.7 Å². The Hall–Kier alpha value is -3.12. The Labute approximate surface area is 175 Å². The zero-order valence-electron chi connectivity index (χ0n) is 16.3. The summed E-state index contributed by atoms with van der Waals surface area (Å²) in [5, 5.41) is 17.8. The molecule has 3 N–H and O–H groups in total. The first kappa shape index (κ1) is 20.6. The molecule has 0 aliphatic rings. The first-order chi connectivity index (χ1) is 14.1. The number of carbonyl (C=O) groups is 1. The first-order valence-corrected chi connectivity index (χ1v) is 10.4. The summed E-state index contributed by atoms with van der Waals surface area (Å²) >= 11 is 1.71. The molecule has 0 fully saturated rings. The number of aliphatic imine (C=N–C) groups is 1. The molecule has 6 heteroatoms. The molecule has 0 radical (unpaired) electrons. The van der Waals surface area contributed by atoms with Crippen molar-refractivity contribution in [1.82, 2.24) is 10.6 Å². The van der Waals surface area contributed by atoms with Gasteiger partial charge in [0, 0.05) is 4.88 Å². The van der Waals surface area contributed by atoms with E-state index in [-0.39, 0.29) is 12.5 Å². The summed E-state index contributed by atoms with van der Waals surface area (Å²) < 4.78 is 0. The molecule has 1 aromatic heterocycles. The van der Waals surface area contributed by atoms with E-state index in [1.165, 1.54) is 10.4 Å². The van der Waals surface area contributed by atoms with Gasteiger partial charge in [0.05, 0.1) is 25.6 Å². The maximum Gasteiger partial charge on any atom is 0.307 e. The number of rotatable bonds is 8. The van der Waals surface area contributed by atoms with Gasteiger partial charge in [0.2, 0.25) is 0 Å². The molecule has 0 amide bonds. The van der Waals surface area contributed by atoms with Crippen LogP contribution in [0.25, 0.3) is 0 Å². The van der Waals surface area contributed by atoms with Crippen LogP contribution in [0, 0.1) is 0 Å². The lowest BCUT2D eigenvalue weighted by molar-refractivity contribution is -0.136. The molecule has 2 aromatic carbocycles. The summed E-state index contributed by atoms with van der Waals surface area (Å²) in [7, 11) is 0. The fourth-order valence-corrected chi connectivity index (χ4v) is 3.52. The summed E-state index contributed by atoms with van der Waals surface area (Å²) in [6.45, 7) is 3.33. The Kier molecular flexibility index (Phi) is 7.41. The number of aliphatic carboxylic acids is 1. The quantitative estimate of drug-likeness (QED) is 0.383. The molecular weight excluding hydrogens is 382 g/mol. The van der Waals surface area contributed by atoms with Crippen molar-refractivity contribution in [2.45, 2.75) is 32.5 Å². The van der Waals surface area contributed by atoms with Crippen LogP contribution in [0.5, 0.6) is 0 Å². The average Bonchev–Trinajstić information content (AvgIpc) is 3.25. The van der Waals surface area contributed by atoms with E-state index in [4.69, 9.17) is 10.1 Å². The second-order valence-electron chi connectivity index (χ2n) is 6.76. The molecule has 1 heterocycles. The first-order valence-electron chi connectivity index (χ1n) is 9.52. The Morgan fingerprint density at radius 2 is 1.76 bits per heavy atom. The van der Waals surface area contributed by atoms with Crippen molar-refractivity contribution >= 4 is 23.3 Å². The highest BCUT2D eigenvalue weighted by Gasteiger charge is 2.08. The Morgan fingerprint density at radius 1 is 1.03 bits per heavy atom. The van der Waals surface area contributed by atoms with Crippen molar-refractivity contribution in [3.63, 3.8) is 0 Å². The summed E-state index contributed by atoms with van der Waals surface area (Å²) in [5.74, 6) is -0.0840. The zero-order valence-corrected chi connectivity index (χ0v) is 17.2. The Bertz CT molecular complexity index is 923. The molecular formula is C23H25N3O2S. The minimum Gasteiger partial charge on any atom is -0.481 e. The molecule has 0 aliphatic heterocycles. The Balaban J connectivity index is 1.68. The van der Waals surface area contributed by atoms with Crippen LogP contribution in [0.2, 0.25) is 0 Å². The van der Waals surface area contributed by atoms with Crippen molar-refractivity contribution in [1.29, 1.82) is 0 Å². The Morgan fingerprint density at radius 3 is 2.41 bits per heavy atom. The van der Waals surface area contributed by atoms with E-state index >= 15 is 0 Å². The van der Waals surface area contributed by atoms with Gasteiger partial charge in [-0.1, -0.05) is 60.7 Å². The van der Waals surface area contributed by atoms with Gasteiger partial charge >= 0.3 is 5.97 Å². The van der Waals surface area contributed by atoms with Crippen LogP contribution >= 0.6 is 11.3 Å². The van der Waals surface area contributed by atoms with E-state index in [1.807, 2.05) is 48.5 Å².